The van der Waals surface area contributed by atoms with E-state index >= 15 is 0 Å². The highest BCUT2D eigenvalue weighted by atomic mass is 16.6. The Morgan fingerprint density at radius 1 is 0.317 bits per heavy atom. The van der Waals surface area contributed by atoms with Gasteiger partial charge in [0.2, 0.25) is 0 Å². The molecule has 0 amide bonds. The fraction of sp³-hybridized carbons (Fsp3) is 0.737. The summed E-state index contributed by atoms with van der Waals surface area (Å²) in [6, 6.07) is 0. The first kappa shape index (κ1) is 59.9. The average molecular weight is 879 g/mol. The topological polar surface area (TPSA) is 78.9 Å². The molecule has 0 aliphatic carbocycles. The van der Waals surface area contributed by atoms with Gasteiger partial charge in [-0.15, -0.1) is 0 Å². The summed E-state index contributed by atoms with van der Waals surface area (Å²) in [5, 5.41) is 0. The Kier molecular flexibility index (Phi) is 48.9. The molecule has 0 heterocycles. The van der Waals surface area contributed by atoms with E-state index in [4.69, 9.17) is 14.2 Å². The maximum atomic E-state index is 12.8. The van der Waals surface area contributed by atoms with Gasteiger partial charge in [0.05, 0.1) is 0 Å². The number of allylic oxidation sites excluding steroid dienone is 12. The molecule has 1 unspecified atom stereocenters. The third-order valence-electron chi connectivity index (χ3n) is 11.3. The largest absolute Gasteiger partial charge is 0.462 e. The van der Waals surface area contributed by atoms with E-state index < -0.39 is 6.10 Å². The molecule has 6 nitrogen and oxygen atoms in total. The molecule has 0 rings (SSSR count). The van der Waals surface area contributed by atoms with E-state index in [1.165, 1.54) is 109 Å². The minimum Gasteiger partial charge on any atom is -0.462 e. The molecule has 0 aliphatic heterocycles. The fourth-order valence-corrected chi connectivity index (χ4v) is 7.27. The second-order valence-electron chi connectivity index (χ2n) is 17.6. The molecule has 0 aromatic heterocycles. The van der Waals surface area contributed by atoms with Gasteiger partial charge in [-0.2, -0.15) is 0 Å². The van der Waals surface area contributed by atoms with Crippen molar-refractivity contribution < 1.29 is 28.6 Å². The number of ether oxygens (including phenoxy) is 3. The molecule has 362 valence electrons. The highest BCUT2D eigenvalue weighted by Gasteiger charge is 2.19. The Hall–Kier alpha value is -3.15. The Labute approximate surface area is 389 Å². The van der Waals surface area contributed by atoms with Crippen molar-refractivity contribution in [3.63, 3.8) is 0 Å². The van der Waals surface area contributed by atoms with Crippen LogP contribution in [0.3, 0.4) is 0 Å². The van der Waals surface area contributed by atoms with E-state index in [1.807, 2.05) is 0 Å². The summed E-state index contributed by atoms with van der Waals surface area (Å²) in [4.78, 5) is 37.9. The van der Waals surface area contributed by atoms with Gasteiger partial charge < -0.3 is 14.2 Å². The highest BCUT2D eigenvalue weighted by molar-refractivity contribution is 5.71. The fourth-order valence-electron chi connectivity index (χ4n) is 7.27. The van der Waals surface area contributed by atoms with Crippen LogP contribution in [0.5, 0.6) is 0 Å². The smallest absolute Gasteiger partial charge is 0.306 e. The molecule has 0 aromatic carbocycles. The van der Waals surface area contributed by atoms with Gasteiger partial charge in [0.1, 0.15) is 13.2 Å². The molecule has 0 saturated heterocycles. The summed E-state index contributed by atoms with van der Waals surface area (Å²) in [6.45, 7) is 6.55. The first-order valence-corrected chi connectivity index (χ1v) is 26.5. The number of carbonyl (C=O) groups excluding carboxylic acids is 3. The second-order valence-corrected chi connectivity index (χ2v) is 17.6. The van der Waals surface area contributed by atoms with Crippen LogP contribution in [0.25, 0.3) is 0 Å². The van der Waals surface area contributed by atoms with E-state index in [0.717, 1.165) is 103 Å². The molecule has 1 atom stereocenters. The van der Waals surface area contributed by atoms with E-state index in [0.29, 0.717) is 19.3 Å². The van der Waals surface area contributed by atoms with Crippen molar-refractivity contribution in [3.05, 3.63) is 72.9 Å². The van der Waals surface area contributed by atoms with Gasteiger partial charge in [-0.3, -0.25) is 14.4 Å². The Morgan fingerprint density at radius 3 is 0.873 bits per heavy atom. The molecule has 0 bridgehead atoms. The molecular formula is C57H98O6. The average Bonchev–Trinajstić information content (AvgIpc) is 3.28. The van der Waals surface area contributed by atoms with Crippen molar-refractivity contribution in [3.8, 4) is 0 Å². The lowest BCUT2D eigenvalue weighted by molar-refractivity contribution is -0.167. The number of hydrogen-bond acceptors (Lipinski definition) is 6. The number of rotatable bonds is 47. The van der Waals surface area contributed by atoms with Crippen LogP contribution < -0.4 is 0 Å². The summed E-state index contributed by atoms with van der Waals surface area (Å²) in [7, 11) is 0. The lowest BCUT2D eigenvalue weighted by Crippen LogP contribution is -2.30. The van der Waals surface area contributed by atoms with E-state index in [9.17, 15) is 14.4 Å². The zero-order chi connectivity index (χ0) is 45.8. The maximum absolute atomic E-state index is 12.8. The van der Waals surface area contributed by atoms with Gasteiger partial charge in [-0.1, -0.05) is 235 Å². The quantitative estimate of drug-likeness (QED) is 0.0262. The minimum atomic E-state index is -0.792. The Bertz CT molecular complexity index is 1190. The highest BCUT2D eigenvalue weighted by Crippen LogP contribution is 2.14. The molecule has 0 N–H and O–H groups in total. The Balaban J connectivity index is 4.41. The van der Waals surface area contributed by atoms with Crippen molar-refractivity contribution in [2.24, 2.45) is 0 Å². The lowest BCUT2D eigenvalue weighted by Gasteiger charge is -2.18. The van der Waals surface area contributed by atoms with Crippen LogP contribution >= 0.6 is 0 Å². The monoisotopic (exact) mass is 879 g/mol. The van der Waals surface area contributed by atoms with Crippen molar-refractivity contribution in [2.75, 3.05) is 13.2 Å². The van der Waals surface area contributed by atoms with Crippen LogP contribution in [0.15, 0.2) is 72.9 Å². The standard InChI is InChI=1S/C57H98O6/c1-4-7-10-13-16-19-21-23-25-27-29-31-33-35-38-41-44-47-50-56(59)62-53-54(52-61-55(58)49-46-43-40-37-18-15-12-9-6-3)63-57(60)51-48-45-42-39-36-34-32-30-28-26-24-22-20-17-14-11-8-5-2/h21-32,54H,4-20,33-53H2,1-3H3/b23-21-,24-22-,27-25-,28-26-,31-29-,32-30-. The molecule has 0 aliphatic rings. The van der Waals surface area contributed by atoms with Gasteiger partial charge in [0, 0.05) is 19.3 Å². The Morgan fingerprint density at radius 2 is 0.571 bits per heavy atom. The number of carbonyl (C=O) groups is 3. The predicted molar refractivity (Wildman–Crippen MR) is 270 cm³/mol. The van der Waals surface area contributed by atoms with Crippen LogP contribution in [-0.4, -0.2) is 37.2 Å². The van der Waals surface area contributed by atoms with Gasteiger partial charge in [0.25, 0.3) is 0 Å². The molecule has 0 radical (unpaired) electrons. The first-order valence-electron chi connectivity index (χ1n) is 26.5. The zero-order valence-corrected chi connectivity index (χ0v) is 41.3. The van der Waals surface area contributed by atoms with Gasteiger partial charge in [0.15, 0.2) is 6.10 Å². The second kappa shape index (κ2) is 51.5. The molecule has 0 fully saturated rings. The van der Waals surface area contributed by atoms with Crippen molar-refractivity contribution >= 4 is 17.9 Å². The maximum Gasteiger partial charge on any atom is 0.306 e. The van der Waals surface area contributed by atoms with E-state index in [1.54, 1.807) is 0 Å². The van der Waals surface area contributed by atoms with E-state index in [-0.39, 0.29) is 31.1 Å². The van der Waals surface area contributed by atoms with Gasteiger partial charge in [-0.25, -0.2) is 0 Å². The number of esters is 3. The SMILES string of the molecule is CCCCCCC\C=C/C=C\C=C/CCCCCCCC(=O)OCC(COC(=O)CCCCCCCCCCC)OC(=O)CCCCCCC\C=C/C=C\C=C/CCCCCCC. The summed E-state index contributed by atoms with van der Waals surface area (Å²) < 4.78 is 16.7. The molecule has 0 spiro atoms. The van der Waals surface area contributed by atoms with Crippen molar-refractivity contribution in [1.82, 2.24) is 0 Å². The van der Waals surface area contributed by atoms with Crippen LogP contribution in [0.1, 0.15) is 252 Å². The molecule has 0 saturated carbocycles. The lowest BCUT2D eigenvalue weighted by atomic mass is 10.1. The van der Waals surface area contributed by atoms with Crippen molar-refractivity contribution in [1.29, 1.82) is 0 Å². The third-order valence-corrected chi connectivity index (χ3v) is 11.3. The molecule has 63 heavy (non-hydrogen) atoms. The minimum absolute atomic E-state index is 0.0897. The number of hydrogen-bond donors (Lipinski definition) is 0. The predicted octanol–water partition coefficient (Wildman–Crippen LogP) is 17.4. The summed E-state index contributed by atoms with van der Waals surface area (Å²) in [5.41, 5.74) is 0. The summed E-state index contributed by atoms with van der Waals surface area (Å²) in [5.74, 6) is -0.930. The first-order chi connectivity index (χ1) is 31.0. The van der Waals surface area contributed by atoms with Crippen LogP contribution in [0.4, 0.5) is 0 Å². The van der Waals surface area contributed by atoms with Crippen molar-refractivity contribution in [2.45, 2.75) is 258 Å². The molecule has 6 heteroatoms. The molecular weight excluding hydrogens is 781 g/mol. The summed E-state index contributed by atoms with van der Waals surface area (Å²) >= 11 is 0. The van der Waals surface area contributed by atoms with Gasteiger partial charge in [-0.05, 0) is 70.6 Å². The summed E-state index contributed by atoms with van der Waals surface area (Å²) in [6.07, 6.45) is 64.5. The molecule has 0 aromatic rings. The van der Waals surface area contributed by atoms with Crippen LogP contribution in [0.2, 0.25) is 0 Å². The van der Waals surface area contributed by atoms with Crippen LogP contribution in [-0.2, 0) is 28.6 Å². The third kappa shape index (κ3) is 49.7. The zero-order valence-electron chi connectivity index (χ0n) is 41.3. The number of unbranched alkanes of at least 4 members (excludes halogenated alkanes) is 28. The van der Waals surface area contributed by atoms with Crippen LogP contribution in [0, 0.1) is 0 Å². The van der Waals surface area contributed by atoms with E-state index in [2.05, 4.69) is 93.7 Å². The van der Waals surface area contributed by atoms with Gasteiger partial charge >= 0.3 is 17.9 Å². The normalized spacial score (nSPS) is 12.6.